The minimum atomic E-state index is -0.331. The Bertz CT molecular complexity index is 836. The Balaban J connectivity index is 2.35. The minimum absolute atomic E-state index is 0.331. The molecule has 20 heavy (non-hydrogen) atoms. The summed E-state index contributed by atoms with van der Waals surface area (Å²) in [6, 6.07) is 7.46. The second-order valence-corrected chi connectivity index (χ2v) is 4.76. The first-order valence-corrected chi connectivity index (χ1v) is 6.51. The van der Waals surface area contributed by atoms with Crippen molar-refractivity contribution >= 4 is 21.9 Å². The lowest BCUT2D eigenvalue weighted by Crippen LogP contribution is -2.07. The Morgan fingerprint density at radius 3 is 2.90 bits per heavy atom. The molecular formula is C16H15NO3. The Labute approximate surface area is 116 Å². The molecule has 4 nitrogen and oxygen atoms in total. The molecule has 0 saturated carbocycles. The summed E-state index contributed by atoms with van der Waals surface area (Å²) >= 11 is 0. The second-order valence-electron chi connectivity index (χ2n) is 4.76. The number of fused-ring (bicyclic) bond motifs is 3. The normalized spacial score (nSPS) is 11.3. The van der Waals surface area contributed by atoms with Gasteiger partial charge in [0.2, 0.25) is 0 Å². The number of hydrogen-bond donors (Lipinski definition) is 0. The summed E-state index contributed by atoms with van der Waals surface area (Å²) in [5, 5.41) is 1.43. The van der Waals surface area contributed by atoms with Crippen LogP contribution >= 0.6 is 0 Å². The lowest BCUT2D eigenvalue weighted by molar-refractivity contribution is 0.202. The third-order valence-electron chi connectivity index (χ3n) is 3.57. The van der Waals surface area contributed by atoms with Crippen LogP contribution in [-0.4, -0.2) is 18.7 Å². The molecule has 0 radical (unpaired) electrons. The molecule has 0 atom stereocenters. The van der Waals surface area contributed by atoms with Gasteiger partial charge in [-0.3, -0.25) is 4.98 Å². The molecule has 0 aliphatic rings. The van der Waals surface area contributed by atoms with E-state index in [2.05, 4.69) is 4.98 Å². The molecule has 2 heterocycles. The SMILES string of the molecule is COCCc1cnc2c(c1C)c(=O)oc1ccccc12. The van der Waals surface area contributed by atoms with E-state index in [0.717, 1.165) is 22.9 Å². The Morgan fingerprint density at radius 2 is 2.10 bits per heavy atom. The lowest BCUT2D eigenvalue weighted by Gasteiger charge is -2.09. The molecule has 0 fully saturated rings. The highest BCUT2D eigenvalue weighted by Gasteiger charge is 2.13. The average Bonchev–Trinajstić information content (AvgIpc) is 2.46. The standard InChI is InChI=1S/C16H15NO3/c1-10-11(7-8-19-2)9-17-15-12-5-3-4-6-13(12)20-16(18)14(10)15/h3-6,9H,7-8H2,1-2H3. The summed E-state index contributed by atoms with van der Waals surface area (Å²) in [6.45, 7) is 2.54. The summed E-state index contributed by atoms with van der Waals surface area (Å²) in [5.74, 6) is 0. The van der Waals surface area contributed by atoms with Gasteiger partial charge in [0.05, 0.1) is 17.5 Å². The van der Waals surface area contributed by atoms with Gasteiger partial charge in [0.15, 0.2) is 0 Å². The highest BCUT2D eigenvalue weighted by Crippen LogP contribution is 2.24. The van der Waals surface area contributed by atoms with Crippen LogP contribution < -0.4 is 5.63 Å². The van der Waals surface area contributed by atoms with Crippen LogP contribution in [0.4, 0.5) is 0 Å². The Morgan fingerprint density at radius 1 is 1.30 bits per heavy atom. The maximum Gasteiger partial charge on any atom is 0.346 e. The van der Waals surface area contributed by atoms with Gasteiger partial charge in [-0.1, -0.05) is 12.1 Å². The molecule has 0 N–H and O–H groups in total. The fourth-order valence-corrected chi connectivity index (χ4v) is 2.46. The molecule has 2 aromatic heterocycles. The minimum Gasteiger partial charge on any atom is -0.422 e. The molecular weight excluding hydrogens is 254 g/mol. The third-order valence-corrected chi connectivity index (χ3v) is 3.57. The molecule has 0 amide bonds. The summed E-state index contributed by atoms with van der Waals surface area (Å²) < 4.78 is 10.5. The molecule has 0 aliphatic carbocycles. The molecule has 0 aliphatic heterocycles. The van der Waals surface area contributed by atoms with Crippen LogP contribution in [0.3, 0.4) is 0 Å². The van der Waals surface area contributed by atoms with Gasteiger partial charge in [-0.05, 0) is 36.6 Å². The van der Waals surface area contributed by atoms with E-state index in [1.807, 2.05) is 31.3 Å². The number of rotatable bonds is 3. The highest BCUT2D eigenvalue weighted by molar-refractivity contribution is 6.02. The smallest absolute Gasteiger partial charge is 0.346 e. The van der Waals surface area contributed by atoms with Crippen LogP contribution in [0.1, 0.15) is 11.1 Å². The summed E-state index contributed by atoms with van der Waals surface area (Å²) in [4.78, 5) is 16.7. The molecule has 4 heteroatoms. The number of aromatic nitrogens is 1. The quantitative estimate of drug-likeness (QED) is 0.542. The van der Waals surface area contributed by atoms with Crippen molar-refractivity contribution in [3.8, 4) is 0 Å². The average molecular weight is 269 g/mol. The molecule has 0 saturated heterocycles. The van der Waals surface area contributed by atoms with Gasteiger partial charge in [-0.2, -0.15) is 0 Å². The van der Waals surface area contributed by atoms with Gasteiger partial charge in [0.25, 0.3) is 0 Å². The predicted molar refractivity (Wildman–Crippen MR) is 78.1 cm³/mol. The van der Waals surface area contributed by atoms with Crippen LogP contribution in [0, 0.1) is 6.92 Å². The molecule has 0 spiro atoms. The van der Waals surface area contributed by atoms with Gasteiger partial charge in [0, 0.05) is 18.7 Å². The zero-order valence-corrected chi connectivity index (χ0v) is 11.5. The van der Waals surface area contributed by atoms with Crippen molar-refractivity contribution in [1.82, 2.24) is 4.98 Å². The van der Waals surface area contributed by atoms with E-state index in [4.69, 9.17) is 9.15 Å². The van der Waals surface area contributed by atoms with E-state index in [1.165, 1.54) is 0 Å². The number of para-hydroxylation sites is 1. The fourth-order valence-electron chi connectivity index (χ4n) is 2.46. The van der Waals surface area contributed by atoms with E-state index >= 15 is 0 Å². The number of aryl methyl sites for hydroxylation is 1. The number of nitrogens with zero attached hydrogens (tertiary/aromatic N) is 1. The van der Waals surface area contributed by atoms with Crippen molar-refractivity contribution in [2.24, 2.45) is 0 Å². The van der Waals surface area contributed by atoms with E-state index in [1.54, 1.807) is 13.2 Å². The van der Waals surface area contributed by atoms with Crippen molar-refractivity contribution in [2.45, 2.75) is 13.3 Å². The topological polar surface area (TPSA) is 52.3 Å². The monoisotopic (exact) mass is 269 g/mol. The van der Waals surface area contributed by atoms with E-state index in [0.29, 0.717) is 23.1 Å². The van der Waals surface area contributed by atoms with Crippen LogP contribution in [0.2, 0.25) is 0 Å². The summed E-state index contributed by atoms with van der Waals surface area (Å²) in [7, 11) is 1.66. The molecule has 102 valence electrons. The number of hydrogen-bond acceptors (Lipinski definition) is 4. The largest absolute Gasteiger partial charge is 0.422 e. The summed E-state index contributed by atoms with van der Waals surface area (Å²) in [6.07, 6.45) is 2.56. The van der Waals surface area contributed by atoms with Crippen molar-refractivity contribution in [2.75, 3.05) is 13.7 Å². The zero-order chi connectivity index (χ0) is 14.1. The molecule has 3 aromatic rings. The first-order valence-electron chi connectivity index (χ1n) is 6.51. The third kappa shape index (κ3) is 1.98. The highest BCUT2D eigenvalue weighted by atomic mass is 16.5. The molecule has 1 aromatic carbocycles. The van der Waals surface area contributed by atoms with Crippen molar-refractivity contribution in [3.05, 3.63) is 52.0 Å². The van der Waals surface area contributed by atoms with Crippen LogP contribution in [0.5, 0.6) is 0 Å². The number of ether oxygens (including phenoxy) is 1. The van der Waals surface area contributed by atoms with Gasteiger partial charge >= 0.3 is 5.63 Å². The van der Waals surface area contributed by atoms with Gasteiger partial charge in [-0.25, -0.2) is 4.79 Å². The fraction of sp³-hybridized carbons (Fsp3) is 0.250. The molecule has 0 unspecified atom stereocenters. The Kier molecular flexibility index (Phi) is 3.24. The number of methoxy groups -OCH3 is 1. The lowest BCUT2D eigenvalue weighted by atomic mass is 10.0. The molecule has 3 rings (SSSR count). The number of benzene rings is 1. The van der Waals surface area contributed by atoms with Crippen LogP contribution in [0.15, 0.2) is 39.7 Å². The number of pyridine rings is 1. The maximum atomic E-state index is 12.2. The van der Waals surface area contributed by atoms with Crippen molar-refractivity contribution in [3.63, 3.8) is 0 Å². The van der Waals surface area contributed by atoms with Crippen LogP contribution in [0.25, 0.3) is 21.9 Å². The van der Waals surface area contributed by atoms with E-state index < -0.39 is 0 Å². The first-order chi connectivity index (χ1) is 9.72. The second kappa shape index (κ2) is 5.06. The predicted octanol–water partition coefficient (Wildman–Crippen LogP) is 2.84. The van der Waals surface area contributed by atoms with E-state index in [-0.39, 0.29) is 5.63 Å². The first kappa shape index (κ1) is 12.8. The van der Waals surface area contributed by atoms with Gasteiger partial charge in [-0.15, -0.1) is 0 Å². The Hall–Kier alpha value is -2.20. The van der Waals surface area contributed by atoms with Crippen molar-refractivity contribution < 1.29 is 9.15 Å². The van der Waals surface area contributed by atoms with Crippen LogP contribution in [-0.2, 0) is 11.2 Å². The maximum absolute atomic E-state index is 12.2. The zero-order valence-electron chi connectivity index (χ0n) is 11.5. The van der Waals surface area contributed by atoms with Gasteiger partial charge < -0.3 is 9.15 Å². The van der Waals surface area contributed by atoms with Crippen molar-refractivity contribution in [1.29, 1.82) is 0 Å². The van der Waals surface area contributed by atoms with Gasteiger partial charge in [0.1, 0.15) is 5.58 Å². The van der Waals surface area contributed by atoms with E-state index in [9.17, 15) is 4.79 Å². The molecule has 0 bridgehead atoms. The summed E-state index contributed by atoms with van der Waals surface area (Å²) in [5.41, 5.74) is 2.88.